The van der Waals surface area contributed by atoms with Gasteiger partial charge in [-0.05, 0) is 17.5 Å². The highest BCUT2D eigenvalue weighted by Crippen LogP contribution is 2.28. The molecule has 0 unspecified atom stereocenters. The third-order valence-electron chi connectivity index (χ3n) is 2.37. The van der Waals surface area contributed by atoms with Crippen LogP contribution in [0.3, 0.4) is 0 Å². The van der Waals surface area contributed by atoms with Crippen molar-refractivity contribution in [2.75, 3.05) is 5.32 Å². The van der Waals surface area contributed by atoms with E-state index in [0.29, 0.717) is 16.8 Å². The Hall–Kier alpha value is -1.33. The van der Waals surface area contributed by atoms with Gasteiger partial charge in [0.15, 0.2) is 5.82 Å². The minimum absolute atomic E-state index is 0.150. The minimum Gasteiger partial charge on any atom is -0.336 e. The van der Waals surface area contributed by atoms with Gasteiger partial charge in [-0.3, -0.25) is 4.68 Å². The van der Waals surface area contributed by atoms with Crippen LogP contribution in [0, 0.1) is 0 Å². The zero-order chi connectivity index (χ0) is 13.3. The van der Waals surface area contributed by atoms with Crippen molar-refractivity contribution in [2.45, 2.75) is 19.8 Å². The molecule has 0 aliphatic rings. The number of hydrogen-bond acceptors (Lipinski definition) is 4. The van der Waals surface area contributed by atoms with Crippen LogP contribution >= 0.6 is 23.2 Å². The fourth-order valence-electron chi connectivity index (χ4n) is 1.59. The molecule has 5 nitrogen and oxygen atoms in total. The van der Waals surface area contributed by atoms with Gasteiger partial charge in [-0.15, -0.1) is 0 Å². The van der Waals surface area contributed by atoms with Crippen molar-refractivity contribution in [1.82, 2.24) is 19.7 Å². The van der Waals surface area contributed by atoms with Gasteiger partial charge in [-0.2, -0.15) is 10.1 Å². The van der Waals surface area contributed by atoms with Crippen molar-refractivity contribution in [2.24, 2.45) is 7.05 Å². The van der Waals surface area contributed by atoms with E-state index in [2.05, 4.69) is 34.2 Å². The Labute approximate surface area is 115 Å². The number of nitrogens with one attached hydrogen (secondary N) is 1. The number of anilines is 2. The molecule has 2 rings (SSSR count). The van der Waals surface area contributed by atoms with Crippen LogP contribution in [0.1, 0.15) is 25.5 Å². The first kappa shape index (κ1) is 13.1. The highest BCUT2D eigenvalue weighted by molar-refractivity contribution is 6.33. The lowest BCUT2D eigenvalue weighted by Gasteiger charge is -2.08. The van der Waals surface area contributed by atoms with E-state index >= 15 is 0 Å². The number of aromatic nitrogens is 4. The van der Waals surface area contributed by atoms with Crippen LogP contribution in [0.2, 0.25) is 10.3 Å². The van der Waals surface area contributed by atoms with E-state index in [1.165, 1.54) is 6.20 Å². The van der Waals surface area contributed by atoms with Crippen LogP contribution in [0.4, 0.5) is 11.5 Å². The number of nitrogens with zero attached hydrogens (tertiary/aromatic N) is 4. The number of rotatable bonds is 3. The average Bonchev–Trinajstić information content (AvgIpc) is 2.65. The Morgan fingerprint density at radius 1 is 1.33 bits per heavy atom. The first-order valence-corrected chi connectivity index (χ1v) is 6.21. The van der Waals surface area contributed by atoms with E-state index in [1.807, 2.05) is 13.2 Å². The van der Waals surface area contributed by atoms with Gasteiger partial charge in [0.1, 0.15) is 5.02 Å². The summed E-state index contributed by atoms with van der Waals surface area (Å²) in [6.45, 7) is 4.14. The monoisotopic (exact) mass is 285 g/mol. The molecule has 0 radical (unpaired) electrons. The first-order chi connectivity index (χ1) is 8.47. The van der Waals surface area contributed by atoms with Gasteiger partial charge >= 0.3 is 0 Å². The summed E-state index contributed by atoms with van der Waals surface area (Å²) in [6.07, 6.45) is 3.34. The van der Waals surface area contributed by atoms with Crippen molar-refractivity contribution in [1.29, 1.82) is 0 Å². The van der Waals surface area contributed by atoms with Crippen LogP contribution in [-0.2, 0) is 7.05 Å². The molecule has 0 atom stereocenters. The molecule has 7 heteroatoms. The molecular formula is C11H13Cl2N5. The van der Waals surface area contributed by atoms with E-state index in [1.54, 1.807) is 4.68 Å². The van der Waals surface area contributed by atoms with Gasteiger partial charge in [0.05, 0.1) is 17.6 Å². The fraction of sp³-hybridized carbons (Fsp3) is 0.364. The molecule has 2 aromatic heterocycles. The normalized spacial score (nSPS) is 11.0. The predicted molar refractivity (Wildman–Crippen MR) is 72.6 cm³/mol. The van der Waals surface area contributed by atoms with Gasteiger partial charge in [0.25, 0.3) is 0 Å². The van der Waals surface area contributed by atoms with Gasteiger partial charge < -0.3 is 5.32 Å². The molecule has 1 N–H and O–H groups in total. The van der Waals surface area contributed by atoms with E-state index in [0.717, 1.165) is 11.4 Å². The molecule has 0 aliphatic carbocycles. The summed E-state index contributed by atoms with van der Waals surface area (Å²) in [4.78, 5) is 7.86. The third kappa shape index (κ3) is 2.73. The molecule has 96 valence electrons. The maximum absolute atomic E-state index is 6.01. The second kappa shape index (κ2) is 5.12. The molecule has 0 aliphatic heterocycles. The molecule has 0 amide bonds. The van der Waals surface area contributed by atoms with Crippen molar-refractivity contribution in [3.8, 4) is 0 Å². The molecule has 0 fully saturated rings. The van der Waals surface area contributed by atoms with Crippen molar-refractivity contribution in [3.05, 3.63) is 28.4 Å². The Kier molecular flexibility index (Phi) is 3.73. The zero-order valence-corrected chi connectivity index (χ0v) is 11.8. The van der Waals surface area contributed by atoms with Gasteiger partial charge in [0, 0.05) is 13.2 Å². The third-order valence-corrected chi connectivity index (χ3v) is 2.83. The highest BCUT2D eigenvalue weighted by Gasteiger charge is 2.13. The standard InChI is InChI=1S/C11H13Cl2N5/c1-6(2)9-8(5-18(3)17-9)15-10-7(12)4-14-11(13)16-10/h4-6H,1-3H3,(H,14,15,16). The van der Waals surface area contributed by atoms with E-state index in [4.69, 9.17) is 23.2 Å². The Bertz CT molecular complexity index is 565. The van der Waals surface area contributed by atoms with Gasteiger partial charge in [-0.1, -0.05) is 25.4 Å². The maximum atomic E-state index is 6.01. The van der Waals surface area contributed by atoms with Crippen LogP contribution in [-0.4, -0.2) is 19.7 Å². The summed E-state index contributed by atoms with van der Waals surface area (Å²) >= 11 is 11.8. The molecule has 18 heavy (non-hydrogen) atoms. The minimum atomic E-state index is 0.150. The Balaban J connectivity index is 2.36. The summed E-state index contributed by atoms with van der Waals surface area (Å²) in [5.74, 6) is 0.774. The van der Waals surface area contributed by atoms with Crippen LogP contribution < -0.4 is 5.32 Å². The number of hydrogen-bond donors (Lipinski definition) is 1. The number of halogens is 2. The molecular weight excluding hydrogens is 273 g/mol. The lowest BCUT2D eigenvalue weighted by Crippen LogP contribution is -1.99. The Morgan fingerprint density at radius 3 is 2.72 bits per heavy atom. The lowest BCUT2D eigenvalue weighted by atomic mass is 10.1. The zero-order valence-electron chi connectivity index (χ0n) is 10.3. The summed E-state index contributed by atoms with van der Waals surface area (Å²) in [7, 11) is 1.87. The summed E-state index contributed by atoms with van der Waals surface area (Å²) < 4.78 is 1.74. The van der Waals surface area contributed by atoms with Crippen LogP contribution in [0.25, 0.3) is 0 Å². The van der Waals surface area contributed by atoms with Crippen molar-refractivity contribution < 1.29 is 0 Å². The second-order valence-corrected chi connectivity index (χ2v) is 4.96. The summed E-state index contributed by atoms with van der Waals surface area (Å²) in [5.41, 5.74) is 1.81. The van der Waals surface area contributed by atoms with Crippen molar-refractivity contribution >= 4 is 34.7 Å². The highest BCUT2D eigenvalue weighted by atomic mass is 35.5. The maximum Gasteiger partial charge on any atom is 0.224 e. The molecule has 0 bridgehead atoms. The molecule has 2 heterocycles. The molecule has 2 aromatic rings. The summed E-state index contributed by atoms with van der Waals surface area (Å²) in [5, 5.41) is 8.09. The molecule has 0 saturated heterocycles. The van der Waals surface area contributed by atoms with E-state index < -0.39 is 0 Å². The molecule has 0 spiro atoms. The molecule has 0 saturated carbocycles. The fourth-order valence-corrected chi connectivity index (χ4v) is 1.86. The summed E-state index contributed by atoms with van der Waals surface area (Å²) in [6, 6.07) is 0. The van der Waals surface area contributed by atoms with Crippen molar-refractivity contribution in [3.63, 3.8) is 0 Å². The molecule has 0 aromatic carbocycles. The lowest BCUT2D eigenvalue weighted by molar-refractivity contribution is 0.713. The quantitative estimate of drug-likeness (QED) is 0.879. The average molecular weight is 286 g/mol. The Morgan fingerprint density at radius 2 is 2.06 bits per heavy atom. The second-order valence-electron chi connectivity index (χ2n) is 4.22. The smallest absolute Gasteiger partial charge is 0.224 e. The van der Waals surface area contributed by atoms with E-state index in [-0.39, 0.29) is 5.28 Å². The van der Waals surface area contributed by atoms with E-state index in [9.17, 15) is 0 Å². The van der Waals surface area contributed by atoms with Crippen LogP contribution in [0.15, 0.2) is 12.4 Å². The largest absolute Gasteiger partial charge is 0.336 e. The predicted octanol–water partition coefficient (Wildman–Crippen LogP) is 3.38. The SMILES string of the molecule is CC(C)c1nn(C)cc1Nc1nc(Cl)ncc1Cl. The first-order valence-electron chi connectivity index (χ1n) is 5.46. The number of aryl methyl sites for hydroxylation is 1. The van der Waals surface area contributed by atoms with Gasteiger partial charge in [0.2, 0.25) is 5.28 Å². The van der Waals surface area contributed by atoms with Crippen LogP contribution in [0.5, 0.6) is 0 Å². The van der Waals surface area contributed by atoms with Gasteiger partial charge in [-0.25, -0.2) is 4.98 Å². The topological polar surface area (TPSA) is 55.6 Å².